The highest BCUT2D eigenvalue weighted by molar-refractivity contribution is 5.92. The minimum atomic E-state index is -0.603. The van der Waals surface area contributed by atoms with Gasteiger partial charge in [0.15, 0.2) is 0 Å². The number of carbonyl (C=O) groups excluding carboxylic acids is 2. The molecule has 0 aliphatic heterocycles. The third kappa shape index (κ3) is 4.41. The Morgan fingerprint density at radius 2 is 1.40 bits per heavy atom. The first-order chi connectivity index (χ1) is 14.3. The van der Waals surface area contributed by atoms with Gasteiger partial charge in [-0.25, -0.2) is 4.39 Å². The summed E-state index contributed by atoms with van der Waals surface area (Å²) in [6, 6.07) is 14.6. The number of benzene rings is 3. The molecule has 0 radical (unpaired) electrons. The van der Waals surface area contributed by atoms with Gasteiger partial charge in [-0.3, -0.25) is 9.59 Å². The average molecular weight is 408 g/mol. The summed E-state index contributed by atoms with van der Waals surface area (Å²) in [5, 5.41) is 16.0. The maximum absolute atomic E-state index is 14.4. The van der Waals surface area contributed by atoms with Gasteiger partial charge in [-0.15, -0.1) is 0 Å². The number of para-hydroxylation sites is 1. The van der Waals surface area contributed by atoms with E-state index < -0.39 is 5.82 Å². The van der Waals surface area contributed by atoms with Gasteiger partial charge < -0.3 is 20.5 Å². The Kier molecular flexibility index (Phi) is 6.01. The van der Waals surface area contributed by atoms with E-state index in [0.29, 0.717) is 33.7 Å². The summed E-state index contributed by atoms with van der Waals surface area (Å²) < 4.78 is 19.7. The first-order valence-corrected chi connectivity index (χ1v) is 9.15. The molecule has 0 spiro atoms. The molecule has 154 valence electrons. The predicted molar refractivity (Wildman–Crippen MR) is 114 cm³/mol. The number of ether oxygens (including phenoxy) is 1. The lowest BCUT2D eigenvalue weighted by atomic mass is 9.96. The van der Waals surface area contributed by atoms with Crippen molar-refractivity contribution in [3.63, 3.8) is 0 Å². The molecule has 0 aromatic heterocycles. The van der Waals surface area contributed by atoms with Crippen molar-refractivity contribution >= 4 is 23.2 Å². The fourth-order valence-corrected chi connectivity index (χ4v) is 3.13. The summed E-state index contributed by atoms with van der Waals surface area (Å²) in [7, 11) is 1.49. The molecule has 0 unspecified atom stereocenters. The Bertz CT molecular complexity index is 1130. The van der Waals surface area contributed by atoms with Gasteiger partial charge in [-0.1, -0.05) is 30.3 Å². The van der Waals surface area contributed by atoms with E-state index in [2.05, 4.69) is 10.6 Å². The number of phenolic OH excluding ortho intramolecular Hbond substituents is 1. The third-order valence-electron chi connectivity index (χ3n) is 4.45. The number of hydrogen-bond donors (Lipinski definition) is 3. The first-order valence-electron chi connectivity index (χ1n) is 9.15. The molecule has 0 saturated carbocycles. The lowest BCUT2D eigenvalue weighted by Crippen LogP contribution is -2.07. The van der Waals surface area contributed by atoms with Crippen LogP contribution in [0.4, 0.5) is 15.8 Å². The average Bonchev–Trinajstić information content (AvgIpc) is 2.69. The van der Waals surface area contributed by atoms with Crippen LogP contribution in [0.15, 0.2) is 54.6 Å². The molecular weight excluding hydrogens is 387 g/mol. The van der Waals surface area contributed by atoms with E-state index in [1.165, 1.54) is 33.1 Å². The van der Waals surface area contributed by atoms with E-state index >= 15 is 0 Å². The van der Waals surface area contributed by atoms with Crippen LogP contribution in [0.1, 0.15) is 13.8 Å². The number of aromatic hydroxyl groups is 1. The van der Waals surface area contributed by atoms with Gasteiger partial charge in [0, 0.05) is 25.0 Å². The highest BCUT2D eigenvalue weighted by atomic mass is 19.1. The molecule has 3 N–H and O–H groups in total. The van der Waals surface area contributed by atoms with Crippen LogP contribution < -0.4 is 15.4 Å². The zero-order valence-electron chi connectivity index (χ0n) is 16.7. The van der Waals surface area contributed by atoms with Gasteiger partial charge >= 0.3 is 0 Å². The van der Waals surface area contributed by atoms with Crippen molar-refractivity contribution in [1.82, 2.24) is 0 Å². The Morgan fingerprint density at radius 3 is 1.93 bits per heavy atom. The van der Waals surface area contributed by atoms with Crippen molar-refractivity contribution < 1.29 is 23.8 Å². The van der Waals surface area contributed by atoms with E-state index in [0.717, 1.165) is 0 Å². The van der Waals surface area contributed by atoms with Gasteiger partial charge in [-0.2, -0.15) is 0 Å². The summed E-state index contributed by atoms with van der Waals surface area (Å²) >= 11 is 0. The SMILES string of the molecule is COc1cc(-c2cccc(-c3ccc(NC(C)=O)c(F)c3)c2O)ccc1NC(C)=O. The number of methoxy groups -OCH3 is 1. The molecule has 3 rings (SSSR count). The van der Waals surface area contributed by atoms with Gasteiger partial charge in [-0.05, 0) is 35.4 Å². The highest BCUT2D eigenvalue weighted by Gasteiger charge is 2.15. The Hall–Kier alpha value is -3.87. The number of amides is 2. The van der Waals surface area contributed by atoms with E-state index in [4.69, 9.17) is 4.74 Å². The first kappa shape index (κ1) is 20.9. The molecule has 3 aromatic rings. The monoisotopic (exact) mass is 408 g/mol. The summed E-state index contributed by atoms with van der Waals surface area (Å²) in [6.45, 7) is 2.70. The quantitative estimate of drug-likeness (QED) is 0.566. The molecular formula is C23H21FN2O4. The Morgan fingerprint density at radius 1 is 0.867 bits per heavy atom. The minimum absolute atomic E-state index is 0.0292. The van der Waals surface area contributed by atoms with Gasteiger partial charge in [0.25, 0.3) is 0 Å². The normalized spacial score (nSPS) is 10.4. The fourth-order valence-electron chi connectivity index (χ4n) is 3.13. The lowest BCUT2D eigenvalue weighted by Gasteiger charge is -2.14. The van der Waals surface area contributed by atoms with Crippen LogP contribution in [-0.2, 0) is 9.59 Å². The standard InChI is InChI=1S/C23H21FN2O4/c1-13(27)25-20-9-7-15(11-19(20)24)17-5-4-6-18(23(17)29)16-8-10-21(26-14(2)28)22(12-16)30-3/h4-12,29H,1-3H3,(H,25,27)(H,26,28). The molecule has 0 fully saturated rings. The zero-order chi connectivity index (χ0) is 21.8. The van der Waals surface area contributed by atoms with Crippen molar-refractivity contribution in [2.24, 2.45) is 0 Å². The highest BCUT2D eigenvalue weighted by Crippen LogP contribution is 2.40. The van der Waals surface area contributed by atoms with Crippen LogP contribution in [0, 0.1) is 5.82 Å². The minimum Gasteiger partial charge on any atom is -0.507 e. The lowest BCUT2D eigenvalue weighted by molar-refractivity contribution is -0.115. The zero-order valence-corrected chi connectivity index (χ0v) is 16.7. The Labute approximate surface area is 173 Å². The van der Waals surface area contributed by atoms with Crippen molar-refractivity contribution in [2.75, 3.05) is 17.7 Å². The molecule has 3 aromatic carbocycles. The maximum atomic E-state index is 14.4. The van der Waals surface area contributed by atoms with E-state index in [1.807, 2.05) is 0 Å². The van der Waals surface area contributed by atoms with Crippen LogP contribution in [-0.4, -0.2) is 24.0 Å². The molecule has 30 heavy (non-hydrogen) atoms. The van der Waals surface area contributed by atoms with Gasteiger partial charge in [0.1, 0.15) is 17.3 Å². The molecule has 0 heterocycles. The third-order valence-corrected chi connectivity index (χ3v) is 4.45. The number of nitrogens with one attached hydrogen (secondary N) is 2. The fraction of sp³-hybridized carbons (Fsp3) is 0.130. The van der Waals surface area contributed by atoms with Crippen molar-refractivity contribution in [3.8, 4) is 33.8 Å². The van der Waals surface area contributed by atoms with Gasteiger partial charge in [0.2, 0.25) is 11.8 Å². The van der Waals surface area contributed by atoms with Gasteiger partial charge in [0.05, 0.1) is 18.5 Å². The van der Waals surface area contributed by atoms with E-state index in [-0.39, 0.29) is 23.3 Å². The predicted octanol–water partition coefficient (Wildman–Crippen LogP) is 4.79. The second-order valence-electron chi connectivity index (χ2n) is 6.67. The Balaban J connectivity index is 2.03. The molecule has 0 aliphatic rings. The molecule has 0 aliphatic carbocycles. The molecule has 6 nitrogen and oxygen atoms in total. The maximum Gasteiger partial charge on any atom is 0.221 e. The summed E-state index contributed by atoms with van der Waals surface area (Å²) in [4.78, 5) is 22.5. The topological polar surface area (TPSA) is 87.7 Å². The van der Waals surface area contributed by atoms with Crippen LogP contribution >= 0.6 is 0 Å². The van der Waals surface area contributed by atoms with Crippen LogP contribution in [0.3, 0.4) is 0 Å². The molecule has 0 atom stereocenters. The molecule has 0 bridgehead atoms. The number of carbonyl (C=O) groups is 2. The smallest absolute Gasteiger partial charge is 0.221 e. The van der Waals surface area contributed by atoms with Crippen LogP contribution in [0.25, 0.3) is 22.3 Å². The second-order valence-corrected chi connectivity index (χ2v) is 6.67. The molecule has 7 heteroatoms. The number of halogens is 1. The number of hydrogen-bond acceptors (Lipinski definition) is 4. The van der Waals surface area contributed by atoms with Crippen LogP contribution in [0.2, 0.25) is 0 Å². The van der Waals surface area contributed by atoms with Crippen molar-refractivity contribution in [3.05, 3.63) is 60.4 Å². The van der Waals surface area contributed by atoms with E-state index in [1.54, 1.807) is 42.5 Å². The summed E-state index contributed by atoms with van der Waals surface area (Å²) in [5.74, 6) is -0.788. The molecule has 0 saturated heterocycles. The molecule has 2 amide bonds. The van der Waals surface area contributed by atoms with E-state index in [9.17, 15) is 19.1 Å². The van der Waals surface area contributed by atoms with Crippen molar-refractivity contribution in [1.29, 1.82) is 0 Å². The second kappa shape index (κ2) is 8.65. The summed E-state index contributed by atoms with van der Waals surface area (Å²) in [5.41, 5.74) is 2.66. The number of anilines is 2. The number of phenols is 1. The largest absolute Gasteiger partial charge is 0.507 e. The number of rotatable bonds is 5. The van der Waals surface area contributed by atoms with Crippen LogP contribution in [0.5, 0.6) is 11.5 Å². The van der Waals surface area contributed by atoms with Crippen molar-refractivity contribution in [2.45, 2.75) is 13.8 Å². The summed E-state index contributed by atoms with van der Waals surface area (Å²) in [6.07, 6.45) is 0.